The van der Waals surface area contributed by atoms with Crippen molar-refractivity contribution in [2.45, 2.75) is 4.90 Å². The maximum absolute atomic E-state index is 11.6. The number of nitrogens with one attached hydrogen (secondary N) is 2. The fourth-order valence-electron chi connectivity index (χ4n) is 1.45. The van der Waals surface area contributed by atoms with Crippen molar-refractivity contribution in [2.24, 2.45) is 11.1 Å². The minimum absolute atomic E-state index is 0.00656. The maximum Gasteiger partial charge on any atom is 0.238 e. The van der Waals surface area contributed by atoms with E-state index >= 15 is 0 Å². The van der Waals surface area contributed by atoms with Crippen LogP contribution in [0.4, 0.5) is 5.69 Å². The number of carbonyl (C=O) groups excluding carboxylic acids is 1. The van der Waals surface area contributed by atoms with Crippen LogP contribution in [0.15, 0.2) is 29.2 Å². The van der Waals surface area contributed by atoms with Crippen molar-refractivity contribution in [3.63, 3.8) is 0 Å². The van der Waals surface area contributed by atoms with Crippen molar-refractivity contribution >= 4 is 21.6 Å². The van der Waals surface area contributed by atoms with Crippen LogP contribution >= 0.6 is 0 Å². The van der Waals surface area contributed by atoms with Gasteiger partial charge in [-0.05, 0) is 24.3 Å². The van der Waals surface area contributed by atoms with Gasteiger partial charge in [0.1, 0.15) is 0 Å². The fourth-order valence-corrected chi connectivity index (χ4v) is 1.96. The van der Waals surface area contributed by atoms with E-state index in [-0.39, 0.29) is 16.7 Å². The molecule has 0 saturated carbocycles. The molecule has 1 aliphatic heterocycles. The summed E-state index contributed by atoms with van der Waals surface area (Å²) in [6.45, 7) is 1.36. The van der Waals surface area contributed by atoms with Crippen LogP contribution in [0.3, 0.4) is 0 Å². The number of carbonyl (C=O) groups is 1. The SMILES string of the molecule is NS(=O)(=O)c1ccc(NC(=O)C2CNC2)cc1. The molecule has 2 rings (SSSR count). The van der Waals surface area contributed by atoms with E-state index in [1.165, 1.54) is 24.3 Å². The molecule has 4 N–H and O–H groups in total. The van der Waals surface area contributed by atoms with Crippen LogP contribution in [-0.2, 0) is 14.8 Å². The quantitative estimate of drug-likeness (QED) is 0.677. The molecule has 0 radical (unpaired) electrons. The van der Waals surface area contributed by atoms with Gasteiger partial charge in [-0.1, -0.05) is 0 Å². The molecule has 0 aliphatic carbocycles. The van der Waals surface area contributed by atoms with E-state index in [0.717, 1.165) is 0 Å². The first kappa shape index (κ1) is 12.0. The lowest BCUT2D eigenvalue weighted by molar-refractivity contribution is -0.121. The largest absolute Gasteiger partial charge is 0.326 e. The van der Waals surface area contributed by atoms with Crippen LogP contribution in [0.1, 0.15) is 0 Å². The molecule has 1 aromatic rings. The summed E-state index contributed by atoms with van der Waals surface area (Å²) in [4.78, 5) is 11.6. The molecule has 1 saturated heterocycles. The summed E-state index contributed by atoms with van der Waals surface area (Å²) in [6.07, 6.45) is 0. The van der Waals surface area contributed by atoms with Crippen LogP contribution in [0.2, 0.25) is 0 Å². The lowest BCUT2D eigenvalue weighted by Crippen LogP contribution is -2.48. The molecule has 1 fully saturated rings. The smallest absolute Gasteiger partial charge is 0.238 e. The number of anilines is 1. The minimum atomic E-state index is -3.68. The van der Waals surface area contributed by atoms with E-state index < -0.39 is 10.0 Å². The number of hydrogen-bond donors (Lipinski definition) is 3. The average molecular weight is 255 g/mol. The Labute approximate surface area is 99.2 Å². The first-order chi connectivity index (χ1) is 7.97. The lowest BCUT2D eigenvalue weighted by Gasteiger charge is -2.25. The molecule has 0 bridgehead atoms. The second kappa shape index (κ2) is 4.44. The Morgan fingerprint density at radius 2 is 1.88 bits per heavy atom. The molecule has 1 aromatic carbocycles. The normalized spacial score (nSPS) is 16.3. The third-order valence-electron chi connectivity index (χ3n) is 2.60. The predicted molar refractivity (Wildman–Crippen MR) is 62.8 cm³/mol. The number of sulfonamides is 1. The summed E-state index contributed by atoms with van der Waals surface area (Å²) < 4.78 is 22.0. The second-order valence-electron chi connectivity index (χ2n) is 3.91. The van der Waals surface area contributed by atoms with Gasteiger partial charge in [-0.25, -0.2) is 13.6 Å². The molecule has 0 unspecified atom stereocenters. The van der Waals surface area contributed by atoms with Gasteiger partial charge in [0.25, 0.3) is 0 Å². The highest BCUT2D eigenvalue weighted by atomic mass is 32.2. The maximum atomic E-state index is 11.6. The third-order valence-corrected chi connectivity index (χ3v) is 3.53. The third kappa shape index (κ3) is 2.82. The molecular formula is C10H13N3O3S. The molecule has 17 heavy (non-hydrogen) atoms. The molecule has 1 heterocycles. The minimum Gasteiger partial charge on any atom is -0.326 e. The number of hydrogen-bond acceptors (Lipinski definition) is 4. The lowest BCUT2D eigenvalue weighted by atomic mass is 10.0. The van der Waals surface area contributed by atoms with Gasteiger partial charge in [0.05, 0.1) is 10.8 Å². The van der Waals surface area contributed by atoms with Crippen LogP contribution in [-0.4, -0.2) is 27.4 Å². The first-order valence-electron chi connectivity index (χ1n) is 5.11. The summed E-state index contributed by atoms with van der Waals surface area (Å²) in [7, 11) is -3.68. The highest BCUT2D eigenvalue weighted by Gasteiger charge is 2.24. The van der Waals surface area contributed by atoms with Gasteiger partial charge in [0.15, 0.2) is 0 Å². The standard InChI is InChI=1S/C10H13N3O3S/c11-17(15,16)9-3-1-8(2-4-9)13-10(14)7-5-12-6-7/h1-4,7,12H,5-6H2,(H,13,14)(H2,11,15,16). The zero-order chi connectivity index (χ0) is 12.5. The topological polar surface area (TPSA) is 101 Å². The molecule has 7 heteroatoms. The van der Waals surface area contributed by atoms with Crippen LogP contribution < -0.4 is 15.8 Å². The highest BCUT2D eigenvalue weighted by molar-refractivity contribution is 7.89. The van der Waals surface area contributed by atoms with Gasteiger partial charge in [0.2, 0.25) is 15.9 Å². The Bertz CT molecular complexity index is 520. The Hall–Kier alpha value is -1.44. The molecule has 1 amide bonds. The molecular weight excluding hydrogens is 242 g/mol. The summed E-state index contributed by atoms with van der Waals surface area (Å²) in [5.74, 6) is -0.0694. The van der Waals surface area contributed by atoms with Crippen LogP contribution in [0, 0.1) is 5.92 Å². The van der Waals surface area contributed by atoms with E-state index in [1.807, 2.05) is 0 Å². The molecule has 1 aliphatic rings. The number of amides is 1. The van der Waals surface area contributed by atoms with Crippen molar-refractivity contribution < 1.29 is 13.2 Å². The van der Waals surface area contributed by atoms with Gasteiger partial charge in [-0.15, -0.1) is 0 Å². The van der Waals surface area contributed by atoms with Crippen molar-refractivity contribution in [2.75, 3.05) is 18.4 Å². The number of rotatable bonds is 3. The number of benzene rings is 1. The molecule has 6 nitrogen and oxygen atoms in total. The van der Waals surface area contributed by atoms with E-state index in [4.69, 9.17) is 5.14 Å². The summed E-state index contributed by atoms with van der Waals surface area (Å²) >= 11 is 0. The molecule has 0 spiro atoms. The monoisotopic (exact) mass is 255 g/mol. The van der Waals surface area contributed by atoms with Gasteiger partial charge < -0.3 is 10.6 Å². The molecule has 0 aromatic heterocycles. The first-order valence-corrected chi connectivity index (χ1v) is 6.66. The number of primary sulfonamides is 1. The van der Waals surface area contributed by atoms with Gasteiger partial charge in [0, 0.05) is 18.8 Å². The zero-order valence-corrected chi connectivity index (χ0v) is 9.83. The Morgan fingerprint density at radius 3 is 2.29 bits per heavy atom. The Morgan fingerprint density at radius 1 is 1.29 bits per heavy atom. The van der Waals surface area contributed by atoms with E-state index in [1.54, 1.807) is 0 Å². The van der Waals surface area contributed by atoms with Crippen molar-refractivity contribution in [3.05, 3.63) is 24.3 Å². The van der Waals surface area contributed by atoms with Crippen LogP contribution in [0.25, 0.3) is 0 Å². The van der Waals surface area contributed by atoms with E-state index in [9.17, 15) is 13.2 Å². The molecule has 92 valence electrons. The summed E-state index contributed by atoms with van der Waals surface area (Å²) in [5.41, 5.74) is 0.564. The van der Waals surface area contributed by atoms with E-state index in [0.29, 0.717) is 18.8 Å². The second-order valence-corrected chi connectivity index (χ2v) is 5.48. The van der Waals surface area contributed by atoms with E-state index in [2.05, 4.69) is 10.6 Å². The van der Waals surface area contributed by atoms with Gasteiger partial charge in [-0.2, -0.15) is 0 Å². The Kier molecular flexibility index (Phi) is 3.14. The zero-order valence-electron chi connectivity index (χ0n) is 9.01. The summed E-state index contributed by atoms with van der Waals surface area (Å²) in [6, 6.07) is 5.77. The van der Waals surface area contributed by atoms with Gasteiger partial charge >= 0.3 is 0 Å². The summed E-state index contributed by atoms with van der Waals surface area (Å²) in [5, 5.41) is 10.7. The van der Waals surface area contributed by atoms with Gasteiger partial charge in [-0.3, -0.25) is 4.79 Å². The number of nitrogens with two attached hydrogens (primary N) is 1. The van der Waals surface area contributed by atoms with Crippen molar-refractivity contribution in [1.29, 1.82) is 0 Å². The Balaban J connectivity index is 2.05. The molecule has 0 atom stereocenters. The fraction of sp³-hybridized carbons (Fsp3) is 0.300. The van der Waals surface area contributed by atoms with Crippen LogP contribution in [0.5, 0.6) is 0 Å². The average Bonchev–Trinajstić information content (AvgIpc) is 2.13. The van der Waals surface area contributed by atoms with Crippen molar-refractivity contribution in [3.8, 4) is 0 Å². The highest BCUT2D eigenvalue weighted by Crippen LogP contribution is 2.14. The van der Waals surface area contributed by atoms with Crippen molar-refractivity contribution in [1.82, 2.24) is 5.32 Å². The predicted octanol–water partition coefficient (Wildman–Crippen LogP) is -0.508.